The molecule has 0 aromatic heterocycles. The normalized spacial score (nSPS) is 9.95. The Morgan fingerprint density at radius 3 is 1.76 bits per heavy atom. The van der Waals surface area contributed by atoms with E-state index in [0.29, 0.717) is 18.0 Å². The molecular weight excluding hydrogens is 280 g/mol. The summed E-state index contributed by atoms with van der Waals surface area (Å²) in [6, 6.07) is 0. The van der Waals surface area contributed by atoms with Gasteiger partial charge in [-0.1, -0.05) is 25.4 Å². The first-order valence-corrected chi connectivity index (χ1v) is 6.49. The van der Waals surface area contributed by atoms with Crippen LogP contribution in [0.2, 0.25) is 0 Å². The number of methoxy groups -OCH3 is 1. The van der Waals surface area contributed by atoms with Crippen LogP contribution in [0.5, 0.6) is 0 Å². The van der Waals surface area contributed by atoms with Crippen molar-refractivity contribution in [1.29, 1.82) is 5.41 Å². The maximum absolute atomic E-state index is 6.79. The van der Waals surface area contributed by atoms with Crippen molar-refractivity contribution in [2.24, 2.45) is 5.16 Å². The van der Waals surface area contributed by atoms with E-state index in [1.165, 1.54) is 27.8 Å². The Morgan fingerprint density at radius 2 is 1.43 bits per heavy atom. The van der Waals surface area contributed by atoms with Crippen molar-refractivity contribution in [2.45, 2.75) is 34.1 Å². The molecule has 0 aliphatic heterocycles. The molecule has 0 spiro atoms. The molecule has 0 rings (SSSR count). The molecule has 0 aromatic rings. The summed E-state index contributed by atoms with van der Waals surface area (Å²) in [7, 11) is 4.38. The van der Waals surface area contributed by atoms with E-state index in [9.17, 15) is 0 Å². The Kier molecular flexibility index (Phi) is 28.5. The molecule has 0 saturated heterocycles. The molecule has 0 bridgehead atoms. The lowest BCUT2D eigenvalue weighted by molar-refractivity contribution is -0.259. The molecule has 21 heavy (non-hydrogen) atoms. The number of nitrogens with one attached hydrogen (secondary N) is 1. The van der Waals surface area contributed by atoms with Gasteiger partial charge in [0.05, 0.1) is 19.9 Å². The van der Waals surface area contributed by atoms with Gasteiger partial charge in [-0.05, 0) is 13.8 Å². The molecule has 0 heterocycles. The predicted octanol–water partition coefficient (Wildman–Crippen LogP) is 2.58. The second kappa shape index (κ2) is 24.0. The van der Waals surface area contributed by atoms with Crippen LogP contribution in [0.25, 0.3) is 0 Å². The summed E-state index contributed by atoms with van der Waals surface area (Å²) in [5.41, 5.74) is 1.14. The average Bonchev–Trinajstić information content (AvgIpc) is 2.44. The summed E-state index contributed by atoms with van der Waals surface area (Å²) in [6.45, 7) is 8.36. The minimum absolute atomic E-state index is 0.143. The SMILES string of the molecule is CCC.COCON=C(C)COOC.COOCC(C)=N. The zero-order valence-corrected chi connectivity index (χ0v) is 14.2. The highest BCUT2D eigenvalue weighted by Gasteiger charge is 1.91. The zero-order valence-electron chi connectivity index (χ0n) is 14.2. The van der Waals surface area contributed by atoms with Crippen molar-refractivity contribution in [3.63, 3.8) is 0 Å². The molecule has 8 heteroatoms. The standard InChI is InChI=1S/C6H13NO4.C4H9NO2.C3H8/c1-6(4-11-9-3)7-10-5-8-2;1-4(5)3-7-6-2;1-3-2/h4-5H2,1-3H3;5H,3H2,1-2H3;3H2,1-2H3. The van der Waals surface area contributed by atoms with Crippen LogP contribution < -0.4 is 0 Å². The summed E-state index contributed by atoms with van der Waals surface area (Å²) < 4.78 is 4.60. The van der Waals surface area contributed by atoms with Crippen LogP contribution in [0, 0.1) is 5.41 Å². The van der Waals surface area contributed by atoms with Gasteiger partial charge in [0.25, 0.3) is 0 Å². The van der Waals surface area contributed by atoms with Crippen LogP contribution in [0.4, 0.5) is 0 Å². The van der Waals surface area contributed by atoms with Crippen LogP contribution >= 0.6 is 0 Å². The first-order chi connectivity index (χ1) is 9.99. The van der Waals surface area contributed by atoms with Gasteiger partial charge in [-0.2, -0.15) is 0 Å². The van der Waals surface area contributed by atoms with E-state index in [0.717, 1.165) is 0 Å². The zero-order chi connectivity index (χ0) is 16.9. The summed E-state index contributed by atoms with van der Waals surface area (Å²) in [5, 5.41) is 10.4. The lowest BCUT2D eigenvalue weighted by Crippen LogP contribution is -2.05. The highest BCUT2D eigenvalue weighted by Crippen LogP contribution is 1.83. The highest BCUT2D eigenvalue weighted by atomic mass is 17.2. The molecule has 0 atom stereocenters. The van der Waals surface area contributed by atoms with Gasteiger partial charge >= 0.3 is 0 Å². The molecule has 0 aliphatic carbocycles. The maximum atomic E-state index is 6.79. The van der Waals surface area contributed by atoms with Gasteiger partial charge in [-0.15, -0.1) is 0 Å². The molecule has 0 aromatic carbocycles. The minimum Gasteiger partial charge on any atom is -0.367 e. The smallest absolute Gasteiger partial charge is 0.216 e. The van der Waals surface area contributed by atoms with E-state index in [1.807, 2.05) is 0 Å². The molecule has 0 aliphatic rings. The van der Waals surface area contributed by atoms with Gasteiger partial charge in [0.2, 0.25) is 6.79 Å². The fourth-order valence-corrected chi connectivity index (χ4v) is 0.507. The van der Waals surface area contributed by atoms with Gasteiger partial charge in [-0.25, -0.2) is 19.6 Å². The van der Waals surface area contributed by atoms with Gasteiger partial charge in [0, 0.05) is 12.8 Å². The number of hydrogen-bond acceptors (Lipinski definition) is 8. The molecule has 0 fully saturated rings. The third-order valence-electron chi connectivity index (χ3n) is 1.17. The fraction of sp³-hybridized carbons (Fsp3) is 0.846. The largest absolute Gasteiger partial charge is 0.367 e. The first kappa shape index (κ1) is 24.9. The van der Waals surface area contributed by atoms with Crippen molar-refractivity contribution >= 4 is 11.4 Å². The molecular formula is C13H30N2O6. The second-order valence-corrected chi connectivity index (χ2v) is 3.71. The number of rotatable bonds is 9. The third-order valence-corrected chi connectivity index (χ3v) is 1.17. The summed E-state index contributed by atoms with van der Waals surface area (Å²) in [5.74, 6) is 0. The van der Waals surface area contributed by atoms with Crippen molar-refractivity contribution in [2.75, 3.05) is 41.3 Å². The number of oxime groups is 1. The molecule has 0 unspecified atom stereocenters. The monoisotopic (exact) mass is 310 g/mol. The van der Waals surface area contributed by atoms with Crippen LogP contribution in [-0.4, -0.2) is 52.8 Å². The van der Waals surface area contributed by atoms with E-state index in [-0.39, 0.29) is 13.4 Å². The lowest BCUT2D eigenvalue weighted by atomic mass is 10.5. The summed E-state index contributed by atoms with van der Waals surface area (Å²) in [6.07, 6.45) is 1.25. The Morgan fingerprint density at radius 1 is 0.952 bits per heavy atom. The van der Waals surface area contributed by atoms with Crippen LogP contribution in [0.1, 0.15) is 34.1 Å². The Bertz CT molecular complexity index is 237. The third kappa shape index (κ3) is 38.1. The van der Waals surface area contributed by atoms with E-state index in [2.05, 4.69) is 48.1 Å². The van der Waals surface area contributed by atoms with Crippen LogP contribution in [0.3, 0.4) is 0 Å². The number of nitrogens with zero attached hydrogens (tertiary/aromatic N) is 1. The van der Waals surface area contributed by atoms with Crippen molar-refractivity contribution < 1.29 is 29.1 Å². The summed E-state index contributed by atoms with van der Waals surface area (Å²) in [4.78, 5) is 22.2. The quantitative estimate of drug-likeness (QED) is 0.231. The van der Waals surface area contributed by atoms with Gasteiger partial charge in [-0.3, -0.25) is 0 Å². The minimum atomic E-state index is 0.143. The molecule has 0 amide bonds. The lowest BCUT2D eigenvalue weighted by Gasteiger charge is -1.99. The predicted molar refractivity (Wildman–Crippen MR) is 81.4 cm³/mol. The van der Waals surface area contributed by atoms with Crippen molar-refractivity contribution in [3.8, 4) is 0 Å². The average molecular weight is 310 g/mol. The number of hydrogen-bond donors (Lipinski definition) is 1. The number of ether oxygens (including phenoxy) is 1. The van der Waals surface area contributed by atoms with Gasteiger partial charge in [0.15, 0.2) is 0 Å². The second-order valence-electron chi connectivity index (χ2n) is 3.71. The summed E-state index contributed by atoms with van der Waals surface area (Å²) >= 11 is 0. The van der Waals surface area contributed by atoms with E-state index in [1.54, 1.807) is 13.8 Å². The van der Waals surface area contributed by atoms with Crippen molar-refractivity contribution in [1.82, 2.24) is 0 Å². The van der Waals surface area contributed by atoms with Crippen LogP contribution in [0.15, 0.2) is 5.16 Å². The fourth-order valence-electron chi connectivity index (χ4n) is 0.507. The molecule has 0 saturated carbocycles. The molecule has 128 valence electrons. The maximum Gasteiger partial charge on any atom is 0.216 e. The molecule has 8 nitrogen and oxygen atoms in total. The Labute approximate surface area is 127 Å². The van der Waals surface area contributed by atoms with E-state index >= 15 is 0 Å². The van der Waals surface area contributed by atoms with Gasteiger partial charge in [0.1, 0.15) is 13.2 Å². The Balaban J connectivity index is -0.000000277. The van der Waals surface area contributed by atoms with Crippen molar-refractivity contribution in [3.05, 3.63) is 0 Å². The molecule has 0 radical (unpaired) electrons. The highest BCUT2D eigenvalue weighted by molar-refractivity contribution is 5.82. The van der Waals surface area contributed by atoms with Gasteiger partial charge < -0.3 is 15.0 Å². The Hall–Kier alpha value is -1.06. The van der Waals surface area contributed by atoms with Crippen LogP contribution in [-0.2, 0) is 29.1 Å². The molecule has 1 N–H and O–H groups in total. The first-order valence-electron chi connectivity index (χ1n) is 6.49. The van der Waals surface area contributed by atoms with E-state index < -0.39 is 0 Å². The topological polar surface area (TPSA) is 91.6 Å². The van der Waals surface area contributed by atoms with E-state index in [4.69, 9.17) is 5.41 Å².